The first-order chi connectivity index (χ1) is 11.4. The lowest BCUT2D eigenvalue weighted by Gasteiger charge is -2.23. The fourth-order valence-electron chi connectivity index (χ4n) is 3.17. The number of guanidine groups is 1. The molecule has 6 heteroatoms. The second-order valence-corrected chi connectivity index (χ2v) is 8.30. The van der Waals surface area contributed by atoms with E-state index in [1.165, 1.54) is 32.1 Å². The van der Waals surface area contributed by atoms with Crippen molar-refractivity contribution in [3.8, 4) is 0 Å². The minimum absolute atomic E-state index is 0. The van der Waals surface area contributed by atoms with Gasteiger partial charge in [-0.15, -0.1) is 24.0 Å². The monoisotopic (exact) mass is 461 g/mol. The molecule has 0 radical (unpaired) electrons. The van der Waals surface area contributed by atoms with Crippen molar-refractivity contribution < 1.29 is 0 Å². The maximum absolute atomic E-state index is 4.72. The van der Waals surface area contributed by atoms with E-state index in [1.54, 1.807) is 0 Å². The second kappa shape index (κ2) is 10.4. The van der Waals surface area contributed by atoms with Gasteiger partial charge in [0.15, 0.2) is 5.96 Å². The molecule has 2 rings (SSSR count). The van der Waals surface area contributed by atoms with E-state index >= 15 is 0 Å². The zero-order valence-electron chi connectivity index (χ0n) is 16.5. The van der Waals surface area contributed by atoms with Crippen molar-refractivity contribution in [3.05, 3.63) is 18.0 Å². The first-order valence-corrected chi connectivity index (χ1v) is 9.38. The van der Waals surface area contributed by atoms with E-state index in [0.717, 1.165) is 18.1 Å². The van der Waals surface area contributed by atoms with Gasteiger partial charge in [-0.25, -0.2) is 0 Å². The van der Waals surface area contributed by atoms with Crippen molar-refractivity contribution in [1.29, 1.82) is 0 Å². The lowest BCUT2D eigenvalue weighted by Crippen LogP contribution is -2.42. The zero-order chi connectivity index (χ0) is 17.6. The maximum Gasteiger partial charge on any atom is 0.191 e. The number of hydrogen-bond donors (Lipinski definition) is 2. The minimum Gasteiger partial charge on any atom is -0.354 e. The summed E-state index contributed by atoms with van der Waals surface area (Å²) in [6.07, 6.45) is 9.66. The minimum atomic E-state index is 0. The van der Waals surface area contributed by atoms with E-state index in [9.17, 15) is 0 Å². The first-order valence-electron chi connectivity index (χ1n) is 9.38. The van der Waals surface area contributed by atoms with E-state index in [1.807, 2.05) is 7.05 Å². The highest BCUT2D eigenvalue weighted by molar-refractivity contribution is 14.0. The molecule has 5 nitrogen and oxygen atoms in total. The molecule has 1 saturated carbocycles. The Bertz CT molecular complexity index is 526. The third-order valence-corrected chi connectivity index (χ3v) is 4.73. The molecular weight excluding hydrogens is 425 g/mol. The summed E-state index contributed by atoms with van der Waals surface area (Å²) in [5.41, 5.74) is 1.45. The molecule has 144 valence electrons. The molecule has 0 spiro atoms. The highest BCUT2D eigenvalue weighted by atomic mass is 127. The van der Waals surface area contributed by atoms with Crippen LogP contribution >= 0.6 is 24.0 Å². The smallest absolute Gasteiger partial charge is 0.191 e. The summed E-state index contributed by atoms with van der Waals surface area (Å²) in [6.45, 7) is 9.78. The van der Waals surface area contributed by atoms with Crippen LogP contribution in [0.2, 0.25) is 0 Å². The topological polar surface area (TPSA) is 54.2 Å². The van der Waals surface area contributed by atoms with Crippen LogP contribution < -0.4 is 10.6 Å². The molecule has 1 heterocycles. The van der Waals surface area contributed by atoms with Crippen LogP contribution in [-0.2, 0) is 6.54 Å². The molecule has 1 aromatic heterocycles. The van der Waals surface area contributed by atoms with Crippen molar-refractivity contribution in [3.63, 3.8) is 0 Å². The third-order valence-electron chi connectivity index (χ3n) is 4.73. The summed E-state index contributed by atoms with van der Waals surface area (Å²) in [4.78, 5) is 4.33. The van der Waals surface area contributed by atoms with E-state index in [2.05, 4.69) is 60.3 Å². The van der Waals surface area contributed by atoms with E-state index in [4.69, 9.17) is 5.10 Å². The summed E-state index contributed by atoms with van der Waals surface area (Å²) in [5, 5.41) is 11.6. The van der Waals surface area contributed by atoms with Crippen LogP contribution in [0.3, 0.4) is 0 Å². The number of halogens is 1. The Balaban J connectivity index is 0.00000312. The maximum atomic E-state index is 4.72. The summed E-state index contributed by atoms with van der Waals surface area (Å²) >= 11 is 0. The van der Waals surface area contributed by atoms with Gasteiger partial charge in [0.25, 0.3) is 0 Å². The zero-order valence-corrected chi connectivity index (χ0v) is 18.8. The Morgan fingerprint density at radius 1 is 1.36 bits per heavy atom. The van der Waals surface area contributed by atoms with E-state index in [0.29, 0.717) is 24.0 Å². The molecule has 1 fully saturated rings. The van der Waals surface area contributed by atoms with Gasteiger partial charge < -0.3 is 10.6 Å². The van der Waals surface area contributed by atoms with Crippen molar-refractivity contribution >= 4 is 29.9 Å². The van der Waals surface area contributed by atoms with Crippen molar-refractivity contribution in [2.75, 3.05) is 7.05 Å². The van der Waals surface area contributed by atoms with E-state index in [-0.39, 0.29) is 24.0 Å². The molecule has 0 aromatic carbocycles. The SMILES string of the molecule is CN=C(NCc1ccn(C2CCCC2)n1)NC(C)CCC(C)(C)C.I. The number of aliphatic imine (C=N–C) groups is 1. The summed E-state index contributed by atoms with van der Waals surface area (Å²) in [5.74, 6) is 0.854. The van der Waals surface area contributed by atoms with Gasteiger partial charge in [0.1, 0.15) is 0 Å². The molecule has 1 aromatic rings. The van der Waals surface area contributed by atoms with Crippen LogP contribution in [0.25, 0.3) is 0 Å². The van der Waals surface area contributed by atoms with Crippen molar-refractivity contribution in [2.24, 2.45) is 10.4 Å². The molecule has 0 amide bonds. The van der Waals surface area contributed by atoms with Gasteiger partial charge in [-0.3, -0.25) is 9.67 Å². The molecule has 1 unspecified atom stereocenters. The molecule has 1 atom stereocenters. The number of hydrogen-bond acceptors (Lipinski definition) is 2. The first kappa shape index (κ1) is 22.3. The van der Waals surface area contributed by atoms with Gasteiger partial charge in [0.05, 0.1) is 18.3 Å². The number of aromatic nitrogens is 2. The lowest BCUT2D eigenvalue weighted by atomic mass is 9.89. The average molecular weight is 461 g/mol. The Morgan fingerprint density at radius 2 is 2.04 bits per heavy atom. The van der Waals surface area contributed by atoms with Gasteiger partial charge in [-0.2, -0.15) is 5.10 Å². The Labute approximate surface area is 170 Å². The molecule has 2 N–H and O–H groups in total. The van der Waals surface area contributed by atoms with Crippen LogP contribution in [0.4, 0.5) is 0 Å². The quantitative estimate of drug-likeness (QED) is 0.373. The Kier molecular flexibility index (Phi) is 9.24. The fourth-order valence-corrected chi connectivity index (χ4v) is 3.17. The number of nitrogens with one attached hydrogen (secondary N) is 2. The summed E-state index contributed by atoms with van der Waals surface area (Å²) in [6, 6.07) is 3.13. The van der Waals surface area contributed by atoms with Crippen LogP contribution in [0, 0.1) is 5.41 Å². The molecule has 1 aliphatic rings. The van der Waals surface area contributed by atoms with Crippen molar-refractivity contribution in [2.45, 2.75) is 84.8 Å². The molecule has 0 aliphatic heterocycles. The highest BCUT2D eigenvalue weighted by Crippen LogP contribution is 2.28. The third kappa shape index (κ3) is 7.96. The van der Waals surface area contributed by atoms with Crippen LogP contribution in [0.1, 0.15) is 78.0 Å². The van der Waals surface area contributed by atoms with Gasteiger partial charge in [-0.05, 0) is 44.1 Å². The molecule has 0 bridgehead atoms. The fraction of sp³-hybridized carbons (Fsp3) is 0.789. The van der Waals surface area contributed by atoms with Gasteiger partial charge in [0, 0.05) is 19.3 Å². The number of rotatable bonds is 6. The number of nitrogens with zero attached hydrogens (tertiary/aromatic N) is 3. The molecule has 25 heavy (non-hydrogen) atoms. The second-order valence-electron chi connectivity index (χ2n) is 8.30. The van der Waals surface area contributed by atoms with Gasteiger partial charge >= 0.3 is 0 Å². The van der Waals surface area contributed by atoms with Gasteiger partial charge in [0.2, 0.25) is 0 Å². The van der Waals surface area contributed by atoms with Crippen LogP contribution in [0.15, 0.2) is 17.3 Å². The van der Waals surface area contributed by atoms with Crippen molar-refractivity contribution in [1.82, 2.24) is 20.4 Å². The normalized spacial score (nSPS) is 17.2. The highest BCUT2D eigenvalue weighted by Gasteiger charge is 2.17. The average Bonchev–Trinajstić information content (AvgIpc) is 3.19. The Morgan fingerprint density at radius 3 is 2.64 bits per heavy atom. The van der Waals surface area contributed by atoms with Crippen LogP contribution in [-0.4, -0.2) is 28.8 Å². The standard InChI is InChI=1S/C19H35N5.HI/c1-15(10-12-19(2,3)4)22-18(20-5)21-14-16-11-13-24(23-16)17-8-6-7-9-17;/h11,13,15,17H,6-10,12,14H2,1-5H3,(H2,20,21,22);1H. The van der Waals surface area contributed by atoms with Crippen LogP contribution in [0.5, 0.6) is 0 Å². The molecular formula is C19H36IN5. The lowest BCUT2D eigenvalue weighted by molar-refractivity contribution is 0.346. The molecule has 1 aliphatic carbocycles. The predicted molar refractivity (Wildman–Crippen MR) is 117 cm³/mol. The van der Waals surface area contributed by atoms with Gasteiger partial charge in [-0.1, -0.05) is 33.6 Å². The largest absolute Gasteiger partial charge is 0.354 e. The summed E-state index contributed by atoms with van der Waals surface area (Å²) < 4.78 is 2.14. The van der Waals surface area contributed by atoms with E-state index < -0.39 is 0 Å². The predicted octanol–water partition coefficient (Wildman–Crippen LogP) is 4.50. The summed E-state index contributed by atoms with van der Waals surface area (Å²) in [7, 11) is 1.82. The molecule has 0 saturated heterocycles. The Hall–Kier alpha value is -0.790.